The monoisotopic (exact) mass is 449 g/mol. The summed E-state index contributed by atoms with van der Waals surface area (Å²) in [5, 5.41) is 1.36. The van der Waals surface area contributed by atoms with E-state index in [2.05, 4.69) is 94.4 Å². The van der Waals surface area contributed by atoms with Gasteiger partial charge in [-0.2, -0.15) is 0 Å². The number of nitrogens with zero attached hydrogens (tertiary/aromatic N) is 1. The highest BCUT2D eigenvalue weighted by Gasteiger charge is 2.30. The topological polar surface area (TPSA) is 21.7 Å². The lowest BCUT2D eigenvalue weighted by Crippen LogP contribution is -2.23. The van der Waals surface area contributed by atoms with Gasteiger partial charge in [-0.3, -0.25) is 0 Å². The second-order valence-corrected chi connectivity index (χ2v) is 10.7. The van der Waals surface area contributed by atoms with E-state index in [1.54, 1.807) is 7.11 Å². The molecule has 0 aliphatic heterocycles. The molecule has 0 saturated carbocycles. The number of ether oxygens (including phenoxy) is 2. The van der Waals surface area contributed by atoms with Crippen molar-refractivity contribution >= 4 is 13.9 Å². The molecule has 0 aliphatic rings. The fourth-order valence-electron chi connectivity index (χ4n) is 3.89. The van der Waals surface area contributed by atoms with Gasteiger partial charge in [0.05, 0.1) is 7.11 Å². The highest BCUT2D eigenvalue weighted by Crippen LogP contribution is 2.48. The zero-order chi connectivity index (χ0) is 23.1. The summed E-state index contributed by atoms with van der Waals surface area (Å²) < 4.78 is 12.0. The van der Waals surface area contributed by atoms with Gasteiger partial charge in [-0.15, -0.1) is 0 Å². The Kier molecular flexibility index (Phi) is 8.34. The molecule has 32 heavy (non-hydrogen) atoms. The van der Waals surface area contributed by atoms with Crippen molar-refractivity contribution < 1.29 is 9.47 Å². The van der Waals surface area contributed by atoms with Gasteiger partial charge in [0.1, 0.15) is 18.1 Å². The average Bonchev–Trinajstić information content (AvgIpc) is 2.79. The first-order valence-electron chi connectivity index (χ1n) is 11.2. The molecule has 3 aromatic carbocycles. The van der Waals surface area contributed by atoms with Crippen molar-refractivity contribution in [2.45, 2.75) is 45.5 Å². The molecule has 0 amide bonds. The molecule has 170 valence electrons. The van der Waals surface area contributed by atoms with Crippen molar-refractivity contribution in [3.8, 4) is 11.5 Å². The van der Waals surface area contributed by atoms with Crippen molar-refractivity contribution in [3.05, 3.63) is 89.0 Å². The molecule has 0 spiro atoms. The molecular weight excluding hydrogens is 413 g/mol. The highest BCUT2D eigenvalue weighted by molar-refractivity contribution is 7.48. The Hall–Kier alpha value is -2.35. The molecule has 0 saturated heterocycles. The van der Waals surface area contributed by atoms with E-state index in [0.717, 1.165) is 24.5 Å². The third kappa shape index (κ3) is 6.12. The molecular formula is C28H36NO2P. The maximum absolute atomic E-state index is 6.36. The largest absolute Gasteiger partial charge is 0.497 e. The van der Waals surface area contributed by atoms with Crippen LogP contribution in [0, 0.1) is 6.92 Å². The number of rotatable bonds is 10. The summed E-state index contributed by atoms with van der Waals surface area (Å²) in [6.45, 7) is 8.30. The van der Waals surface area contributed by atoms with Gasteiger partial charge in [0.2, 0.25) is 0 Å². The van der Waals surface area contributed by atoms with E-state index in [4.69, 9.17) is 9.47 Å². The van der Waals surface area contributed by atoms with E-state index in [-0.39, 0.29) is 5.16 Å². The van der Waals surface area contributed by atoms with Gasteiger partial charge in [0, 0.05) is 17.3 Å². The van der Waals surface area contributed by atoms with Gasteiger partial charge >= 0.3 is 0 Å². The minimum absolute atomic E-state index is 0.0586. The first kappa shape index (κ1) is 24.3. The molecule has 0 fully saturated rings. The van der Waals surface area contributed by atoms with Crippen molar-refractivity contribution in [2.24, 2.45) is 0 Å². The fourth-order valence-corrected chi connectivity index (χ4v) is 5.47. The second-order valence-electron chi connectivity index (χ2n) is 8.85. The first-order chi connectivity index (χ1) is 15.3. The van der Waals surface area contributed by atoms with E-state index in [9.17, 15) is 0 Å². The predicted octanol–water partition coefficient (Wildman–Crippen LogP) is 6.27. The normalized spacial score (nSPS) is 13.5. The lowest BCUT2D eigenvalue weighted by atomic mass is 9.96. The molecule has 3 aromatic rings. The van der Waals surface area contributed by atoms with E-state index in [1.165, 1.54) is 27.6 Å². The number of hydrogen-bond donors (Lipinski definition) is 0. The van der Waals surface area contributed by atoms with Crippen LogP contribution >= 0.6 is 8.58 Å². The predicted molar refractivity (Wildman–Crippen MR) is 138 cm³/mol. The molecule has 4 heteroatoms. The third-order valence-electron chi connectivity index (χ3n) is 5.88. The minimum Gasteiger partial charge on any atom is -0.497 e. The zero-order valence-electron chi connectivity index (χ0n) is 20.2. The van der Waals surface area contributed by atoms with Crippen LogP contribution in [0.2, 0.25) is 0 Å². The van der Waals surface area contributed by atoms with Crippen molar-refractivity contribution in [3.63, 3.8) is 0 Å². The van der Waals surface area contributed by atoms with Crippen molar-refractivity contribution in [2.75, 3.05) is 21.2 Å². The van der Waals surface area contributed by atoms with E-state index >= 15 is 0 Å². The fraction of sp³-hybridized carbons (Fsp3) is 0.357. The molecule has 3 nitrogen and oxygen atoms in total. The van der Waals surface area contributed by atoms with Gasteiger partial charge in [0.15, 0.2) is 0 Å². The smallest absolute Gasteiger partial charge is 0.124 e. The molecule has 0 aromatic heterocycles. The Labute approximate surface area is 195 Å². The summed E-state index contributed by atoms with van der Waals surface area (Å²) in [4.78, 5) is 2.24. The quantitative estimate of drug-likeness (QED) is 0.340. The first-order valence-corrected chi connectivity index (χ1v) is 12.2. The Morgan fingerprint density at radius 2 is 1.72 bits per heavy atom. The lowest BCUT2D eigenvalue weighted by Gasteiger charge is -2.32. The second kappa shape index (κ2) is 11.0. The van der Waals surface area contributed by atoms with Crippen molar-refractivity contribution in [1.82, 2.24) is 4.90 Å². The number of hydrogen-bond acceptors (Lipinski definition) is 3. The summed E-state index contributed by atoms with van der Waals surface area (Å²) in [6, 6.07) is 23.4. The highest BCUT2D eigenvalue weighted by atomic mass is 31.1. The van der Waals surface area contributed by atoms with Crippen LogP contribution in [0.3, 0.4) is 0 Å². The van der Waals surface area contributed by atoms with Crippen LogP contribution in [-0.4, -0.2) is 26.1 Å². The Bertz CT molecular complexity index is 1020. The average molecular weight is 450 g/mol. The molecule has 0 N–H and O–H groups in total. The number of benzene rings is 3. The summed E-state index contributed by atoms with van der Waals surface area (Å²) in [5.41, 5.74) is 5.09. The number of methoxy groups -OCH3 is 1. The van der Waals surface area contributed by atoms with Crippen LogP contribution < -0.4 is 14.8 Å². The van der Waals surface area contributed by atoms with Crippen LogP contribution in [0.15, 0.2) is 66.7 Å². The van der Waals surface area contributed by atoms with Gasteiger partial charge < -0.3 is 14.4 Å². The molecule has 0 radical (unpaired) electrons. The van der Waals surface area contributed by atoms with Crippen LogP contribution in [-0.2, 0) is 18.3 Å². The summed E-state index contributed by atoms with van der Waals surface area (Å²) >= 11 is 0. The Morgan fingerprint density at radius 3 is 2.38 bits per heavy atom. The lowest BCUT2D eigenvalue weighted by molar-refractivity contribution is 0.299. The van der Waals surface area contributed by atoms with E-state index < -0.39 is 0 Å². The molecule has 0 bridgehead atoms. The van der Waals surface area contributed by atoms with E-state index in [1.807, 2.05) is 12.1 Å². The Balaban J connectivity index is 1.97. The van der Waals surface area contributed by atoms with E-state index in [0.29, 0.717) is 15.2 Å². The van der Waals surface area contributed by atoms with Crippen LogP contribution in [0.25, 0.3) is 0 Å². The summed E-state index contributed by atoms with van der Waals surface area (Å²) in [5.74, 6) is 1.81. The number of aryl methyl sites for hydroxylation is 1. The maximum atomic E-state index is 6.36. The molecule has 0 aliphatic carbocycles. The van der Waals surface area contributed by atoms with Crippen LogP contribution in [0.4, 0.5) is 0 Å². The maximum Gasteiger partial charge on any atom is 0.124 e. The van der Waals surface area contributed by atoms with Gasteiger partial charge in [-0.05, 0) is 62.1 Å². The van der Waals surface area contributed by atoms with Crippen molar-refractivity contribution in [1.29, 1.82) is 0 Å². The molecule has 3 rings (SSSR count). The standard InChI is InChI=1S/C28H36NO2P/c1-7-28(3,32-27-16-13-21(2)17-23(27)19-29(4)5)25-18-24(30-6)14-15-26(25)31-20-22-11-9-8-10-12-22/h8-18,32H,7,19-20H2,1-6H3. The molecule has 2 unspecified atom stereocenters. The zero-order valence-corrected chi connectivity index (χ0v) is 21.2. The molecule has 2 atom stereocenters. The van der Waals surface area contributed by atoms with Gasteiger partial charge in [-0.1, -0.05) is 76.5 Å². The Morgan fingerprint density at radius 1 is 0.969 bits per heavy atom. The third-order valence-corrected chi connectivity index (χ3v) is 7.82. The molecule has 0 heterocycles. The SMILES string of the molecule is CCC(C)(Pc1ccc(C)cc1CN(C)C)c1cc(OC)ccc1OCc1ccccc1. The van der Waals surface area contributed by atoms with Gasteiger partial charge in [0.25, 0.3) is 0 Å². The summed E-state index contributed by atoms with van der Waals surface area (Å²) in [6.07, 6.45) is 1.01. The van der Waals surface area contributed by atoms with Crippen LogP contribution in [0.5, 0.6) is 11.5 Å². The van der Waals surface area contributed by atoms with Gasteiger partial charge in [-0.25, -0.2) is 0 Å². The summed E-state index contributed by atoms with van der Waals surface area (Å²) in [7, 11) is 6.61. The minimum atomic E-state index is -0.0586. The van der Waals surface area contributed by atoms with Crippen LogP contribution in [0.1, 0.15) is 42.5 Å².